The second kappa shape index (κ2) is 5.98. The molecule has 4 nitrogen and oxygen atoms in total. The maximum Gasteiger partial charge on any atom is 0.140 e. The Morgan fingerprint density at radius 3 is 3.12 bits per heavy atom. The monoisotopic (exact) mass is 234 g/mol. The number of anilines is 1. The minimum absolute atomic E-state index is 0.722. The van der Waals surface area contributed by atoms with Crippen LogP contribution < -0.4 is 11.3 Å². The molecule has 0 aliphatic carbocycles. The van der Waals surface area contributed by atoms with Gasteiger partial charge in [0.1, 0.15) is 5.82 Å². The fraction of sp³-hybridized carbons (Fsp3) is 0.615. The van der Waals surface area contributed by atoms with Crippen molar-refractivity contribution >= 4 is 5.82 Å². The second-order valence-corrected chi connectivity index (χ2v) is 4.69. The van der Waals surface area contributed by atoms with Gasteiger partial charge < -0.3 is 5.43 Å². The highest BCUT2D eigenvalue weighted by atomic mass is 15.3. The number of rotatable bonds is 4. The minimum atomic E-state index is 0.722. The molecule has 1 aromatic rings. The van der Waals surface area contributed by atoms with E-state index >= 15 is 0 Å². The van der Waals surface area contributed by atoms with E-state index in [1.165, 1.54) is 32.2 Å². The number of nitrogens with zero attached hydrogens (tertiary/aromatic N) is 2. The van der Waals surface area contributed by atoms with E-state index in [9.17, 15) is 0 Å². The molecule has 1 saturated heterocycles. The van der Waals surface area contributed by atoms with Gasteiger partial charge in [-0.1, -0.05) is 19.4 Å². The smallest absolute Gasteiger partial charge is 0.140 e. The first-order valence-corrected chi connectivity index (χ1v) is 6.50. The molecule has 94 valence electrons. The van der Waals surface area contributed by atoms with E-state index in [0.29, 0.717) is 0 Å². The lowest BCUT2D eigenvalue weighted by atomic mass is 10.00. The van der Waals surface area contributed by atoms with Gasteiger partial charge in [0, 0.05) is 12.6 Å². The molecule has 1 unspecified atom stereocenters. The van der Waals surface area contributed by atoms with Gasteiger partial charge in [-0.3, -0.25) is 4.90 Å². The molecule has 0 saturated carbocycles. The number of pyridine rings is 1. The van der Waals surface area contributed by atoms with E-state index in [2.05, 4.69) is 28.3 Å². The molecule has 4 heteroatoms. The van der Waals surface area contributed by atoms with Crippen molar-refractivity contribution in [2.45, 2.75) is 45.2 Å². The zero-order valence-corrected chi connectivity index (χ0v) is 10.5. The topological polar surface area (TPSA) is 54.2 Å². The molecule has 0 spiro atoms. The fourth-order valence-electron chi connectivity index (χ4n) is 2.59. The predicted octanol–water partition coefficient (Wildman–Crippen LogP) is 2.13. The zero-order valence-electron chi connectivity index (χ0n) is 10.5. The van der Waals surface area contributed by atoms with Crippen LogP contribution in [0.15, 0.2) is 18.2 Å². The van der Waals surface area contributed by atoms with Gasteiger partial charge in [0.25, 0.3) is 0 Å². The van der Waals surface area contributed by atoms with Gasteiger partial charge >= 0.3 is 0 Å². The number of hydrogen-bond donors (Lipinski definition) is 2. The summed E-state index contributed by atoms with van der Waals surface area (Å²) >= 11 is 0. The Labute approximate surface area is 103 Å². The van der Waals surface area contributed by atoms with Crippen LogP contribution in [0.4, 0.5) is 5.82 Å². The van der Waals surface area contributed by atoms with Crippen molar-refractivity contribution in [3.63, 3.8) is 0 Å². The summed E-state index contributed by atoms with van der Waals surface area (Å²) in [5, 5.41) is 0. The second-order valence-electron chi connectivity index (χ2n) is 4.69. The summed E-state index contributed by atoms with van der Waals surface area (Å²) in [7, 11) is 0. The van der Waals surface area contributed by atoms with Crippen molar-refractivity contribution in [3.8, 4) is 0 Å². The Morgan fingerprint density at radius 1 is 1.47 bits per heavy atom. The average molecular weight is 234 g/mol. The normalized spacial score (nSPS) is 21.4. The lowest BCUT2D eigenvalue weighted by Gasteiger charge is -2.34. The number of likely N-dealkylation sites (tertiary alicyclic amines) is 1. The van der Waals surface area contributed by atoms with Gasteiger partial charge in [-0.15, -0.1) is 0 Å². The molecule has 2 rings (SSSR count). The van der Waals surface area contributed by atoms with E-state index < -0.39 is 0 Å². The first-order valence-electron chi connectivity index (χ1n) is 6.50. The number of hydrazine groups is 1. The number of aromatic nitrogens is 1. The van der Waals surface area contributed by atoms with E-state index in [4.69, 9.17) is 5.84 Å². The van der Waals surface area contributed by atoms with Crippen LogP contribution >= 0.6 is 0 Å². The number of nitrogens with two attached hydrogens (primary N) is 1. The van der Waals surface area contributed by atoms with Gasteiger partial charge in [-0.2, -0.15) is 0 Å². The highest BCUT2D eigenvalue weighted by molar-refractivity contribution is 5.33. The lowest BCUT2D eigenvalue weighted by molar-refractivity contribution is 0.134. The van der Waals surface area contributed by atoms with Crippen LogP contribution in [0.5, 0.6) is 0 Å². The van der Waals surface area contributed by atoms with Crippen LogP contribution in [0.3, 0.4) is 0 Å². The molecule has 1 aromatic heterocycles. The molecule has 2 heterocycles. The zero-order chi connectivity index (χ0) is 12.1. The molecule has 17 heavy (non-hydrogen) atoms. The largest absolute Gasteiger partial charge is 0.308 e. The summed E-state index contributed by atoms with van der Waals surface area (Å²) in [5.41, 5.74) is 3.70. The van der Waals surface area contributed by atoms with Crippen LogP contribution in [-0.4, -0.2) is 22.5 Å². The molecule has 1 atom stereocenters. The molecule has 0 bridgehead atoms. The van der Waals surface area contributed by atoms with E-state index in [1.807, 2.05) is 12.1 Å². The molecule has 3 N–H and O–H groups in total. The summed E-state index contributed by atoms with van der Waals surface area (Å²) in [6, 6.07) is 6.68. The Bertz CT molecular complexity index is 353. The first-order chi connectivity index (χ1) is 8.33. The van der Waals surface area contributed by atoms with Gasteiger partial charge in [0.2, 0.25) is 0 Å². The highest BCUT2D eigenvalue weighted by Crippen LogP contribution is 2.21. The van der Waals surface area contributed by atoms with Crippen molar-refractivity contribution in [2.24, 2.45) is 5.84 Å². The summed E-state index contributed by atoms with van der Waals surface area (Å²) in [6.45, 7) is 4.41. The van der Waals surface area contributed by atoms with Gasteiger partial charge in [0.15, 0.2) is 0 Å². The fourth-order valence-corrected chi connectivity index (χ4v) is 2.59. The number of piperidine rings is 1. The van der Waals surface area contributed by atoms with Crippen molar-refractivity contribution in [1.29, 1.82) is 0 Å². The van der Waals surface area contributed by atoms with Gasteiger partial charge in [-0.25, -0.2) is 10.8 Å². The molecular formula is C13H22N4. The standard InChI is InChI=1S/C13H22N4/c1-2-12-7-3-4-9-17(12)10-11-6-5-8-13(15-11)16-14/h5-6,8,12H,2-4,7,9-10,14H2,1H3,(H,15,16). The van der Waals surface area contributed by atoms with Crippen molar-refractivity contribution in [3.05, 3.63) is 23.9 Å². The van der Waals surface area contributed by atoms with Crippen LogP contribution in [-0.2, 0) is 6.54 Å². The summed E-state index contributed by atoms with van der Waals surface area (Å²) in [5.74, 6) is 6.12. The average Bonchev–Trinajstić information content (AvgIpc) is 2.39. The third-order valence-corrected chi connectivity index (χ3v) is 3.54. The summed E-state index contributed by atoms with van der Waals surface area (Å²) in [6.07, 6.45) is 5.23. The van der Waals surface area contributed by atoms with Crippen LogP contribution in [0.1, 0.15) is 38.3 Å². The summed E-state index contributed by atoms with van der Waals surface area (Å²) in [4.78, 5) is 7.02. The van der Waals surface area contributed by atoms with E-state index in [1.54, 1.807) is 0 Å². The number of hydrogen-bond acceptors (Lipinski definition) is 4. The quantitative estimate of drug-likeness (QED) is 0.619. The number of nitrogen functional groups attached to an aromatic ring is 1. The minimum Gasteiger partial charge on any atom is -0.308 e. The van der Waals surface area contributed by atoms with E-state index in [0.717, 1.165) is 24.1 Å². The molecule has 0 amide bonds. The van der Waals surface area contributed by atoms with Crippen molar-refractivity contribution < 1.29 is 0 Å². The SMILES string of the molecule is CCC1CCCCN1Cc1cccc(NN)n1. The number of nitrogens with one attached hydrogen (secondary N) is 1. The highest BCUT2D eigenvalue weighted by Gasteiger charge is 2.20. The van der Waals surface area contributed by atoms with Crippen molar-refractivity contribution in [2.75, 3.05) is 12.0 Å². The Hall–Kier alpha value is -1.13. The first kappa shape index (κ1) is 12.3. The Kier molecular flexibility index (Phi) is 4.34. The lowest BCUT2D eigenvalue weighted by Crippen LogP contribution is -2.38. The van der Waals surface area contributed by atoms with Crippen LogP contribution in [0, 0.1) is 0 Å². The van der Waals surface area contributed by atoms with E-state index in [-0.39, 0.29) is 0 Å². The third kappa shape index (κ3) is 3.17. The Balaban J connectivity index is 2.02. The molecule has 0 aromatic carbocycles. The van der Waals surface area contributed by atoms with Gasteiger partial charge in [-0.05, 0) is 37.9 Å². The summed E-state index contributed by atoms with van der Waals surface area (Å²) < 4.78 is 0. The molecule has 0 radical (unpaired) electrons. The third-order valence-electron chi connectivity index (χ3n) is 3.54. The van der Waals surface area contributed by atoms with Crippen LogP contribution in [0.25, 0.3) is 0 Å². The molecule has 1 fully saturated rings. The van der Waals surface area contributed by atoms with Gasteiger partial charge in [0.05, 0.1) is 5.69 Å². The molecular weight excluding hydrogens is 212 g/mol. The predicted molar refractivity (Wildman–Crippen MR) is 70.4 cm³/mol. The maximum atomic E-state index is 5.38. The van der Waals surface area contributed by atoms with Crippen LogP contribution in [0.2, 0.25) is 0 Å². The maximum absolute atomic E-state index is 5.38. The Morgan fingerprint density at radius 2 is 2.35 bits per heavy atom. The molecule has 1 aliphatic heterocycles. The molecule has 1 aliphatic rings. The van der Waals surface area contributed by atoms with Crippen molar-refractivity contribution in [1.82, 2.24) is 9.88 Å².